The molecule has 1 aliphatic carbocycles. The second-order valence-corrected chi connectivity index (χ2v) is 7.18. The van der Waals surface area contributed by atoms with Crippen molar-refractivity contribution in [2.24, 2.45) is 0 Å². The fourth-order valence-electron chi connectivity index (χ4n) is 4.09. The molecule has 0 atom stereocenters. The normalized spacial score (nSPS) is 17.3. The summed E-state index contributed by atoms with van der Waals surface area (Å²) < 4.78 is 10.4. The Labute approximate surface area is 162 Å². The van der Waals surface area contributed by atoms with Gasteiger partial charge in [-0.1, -0.05) is 25.0 Å². The summed E-state index contributed by atoms with van der Waals surface area (Å²) in [4.78, 5) is 39.5. The quantitative estimate of drug-likeness (QED) is 0.803. The summed E-state index contributed by atoms with van der Waals surface area (Å²) in [6, 6.07) is 10.8. The lowest BCUT2D eigenvalue weighted by Gasteiger charge is -2.44. The van der Waals surface area contributed by atoms with Crippen LogP contribution in [0.1, 0.15) is 37.9 Å². The van der Waals surface area contributed by atoms with Gasteiger partial charge < -0.3 is 14.5 Å². The molecule has 2 aromatic rings. The van der Waals surface area contributed by atoms with Crippen molar-refractivity contribution in [1.82, 2.24) is 0 Å². The van der Waals surface area contributed by atoms with E-state index in [-0.39, 0.29) is 24.8 Å². The molecule has 2 aliphatic rings. The van der Waals surface area contributed by atoms with Crippen molar-refractivity contribution < 1.29 is 23.5 Å². The fourth-order valence-corrected chi connectivity index (χ4v) is 4.09. The molecule has 7 nitrogen and oxygen atoms in total. The number of aryl methyl sites for hydroxylation is 1. The van der Waals surface area contributed by atoms with Crippen LogP contribution in [-0.2, 0) is 25.5 Å². The highest BCUT2D eigenvalue weighted by molar-refractivity contribution is 6.15. The number of nitrogens with one attached hydrogen (secondary N) is 1. The van der Waals surface area contributed by atoms with E-state index < -0.39 is 11.5 Å². The Morgan fingerprint density at radius 1 is 1.14 bits per heavy atom. The van der Waals surface area contributed by atoms with Crippen molar-refractivity contribution in [2.75, 3.05) is 16.8 Å². The Hall–Kier alpha value is -3.09. The molecule has 2 heterocycles. The van der Waals surface area contributed by atoms with Crippen LogP contribution in [0.4, 0.5) is 11.4 Å². The largest absolute Gasteiger partial charge is 0.469 e. The minimum Gasteiger partial charge on any atom is -0.469 e. The van der Waals surface area contributed by atoms with Gasteiger partial charge in [0.1, 0.15) is 11.3 Å². The lowest BCUT2D eigenvalue weighted by atomic mass is 9.90. The second kappa shape index (κ2) is 7.50. The highest BCUT2D eigenvalue weighted by Gasteiger charge is 2.52. The molecule has 7 heteroatoms. The van der Waals surface area contributed by atoms with Crippen molar-refractivity contribution >= 4 is 29.2 Å². The molecule has 4 rings (SSSR count). The van der Waals surface area contributed by atoms with Crippen LogP contribution >= 0.6 is 0 Å². The third-order valence-electron chi connectivity index (χ3n) is 5.44. The summed E-state index contributed by atoms with van der Waals surface area (Å²) in [6.45, 7) is -0.389. The van der Waals surface area contributed by atoms with Gasteiger partial charge in [-0.2, -0.15) is 0 Å². The Kier molecular flexibility index (Phi) is 4.90. The summed E-state index contributed by atoms with van der Waals surface area (Å²) in [7, 11) is 0. The van der Waals surface area contributed by atoms with Gasteiger partial charge in [-0.25, -0.2) is 0 Å². The molecular formula is C21H22N2O5. The van der Waals surface area contributed by atoms with Gasteiger partial charge in [0, 0.05) is 6.42 Å². The predicted octanol–water partition coefficient (Wildman–Crippen LogP) is 3.05. The third-order valence-corrected chi connectivity index (χ3v) is 5.44. The van der Waals surface area contributed by atoms with Gasteiger partial charge in [0.2, 0.25) is 0 Å². The molecule has 146 valence electrons. The summed E-state index contributed by atoms with van der Waals surface area (Å²) in [6.07, 6.45) is 5.05. The summed E-state index contributed by atoms with van der Waals surface area (Å²) in [5.41, 5.74) is 0.356. The number of nitrogens with zero attached hydrogens (tertiary/aromatic N) is 1. The highest BCUT2D eigenvalue weighted by Crippen LogP contribution is 2.45. The molecule has 1 fully saturated rings. The first-order valence-corrected chi connectivity index (χ1v) is 9.52. The lowest BCUT2D eigenvalue weighted by Crippen LogP contribution is -2.61. The number of fused-ring (bicyclic) bond motifs is 1. The van der Waals surface area contributed by atoms with E-state index in [1.54, 1.807) is 29.4 Å². The van der Waals surface area contributed by atoms with Crippen molar-refractivity contribution in [1.29, 1.82) is 0 Å². The molecule has 0 bridgehead atoms. The molecule has 1 aliphatic heterocycles. The number of furan rings is 1. The SMILES string of the molecule is O=C(CCc1ccco1)OCC(=O)N1c2ccccc2NC(=O)C12CCCC2. The minimum atomic E-state index is -0.897. The van der Waals surface area contributed by atoms with E-state index in [1.807, 2.05) is 18.2 Å². The summed E-state index contributed by atoms with van der Waals surface area (Å²) >= 11 is 0. The van der Waals surface area contributed by atoms with Gasteiger partial charge in [0.25, 0.3) is 11.8 Å². The van der Waals surface area contributed by atoms with Crippen molar-refractivity contribution in [3.63, 3.8) is 0 Å². The van der Waals surface area contributed by atoms with Gasteiger partial charge in [-0.15, -0.1) is 0 Å². The number of carbonyl (C=O) groups is 3. The molecule has 2 amide bonds. The standard InChI is InChI=1S/C21H22N2O5/c24-18(14-28-19(25)10-9-15-6-5-13-27-15)23-17-8-2-1-7-16(17)22-20(26)21(23)11-3-4-12-21/h1-2,5-8,13H,3-4,9-12,14H2,(H,22,26). The van der Waals surface area contributed by atoms with Crippen LogP contribution in [0, 0.1) is 0 Å². The molecule has 1 saturated carbocycles. The van der Waals surface area contributed by atoms with Crippen LogP contribution in [0.15, 0.2) is 47.1 Å². The molecule has 0 unspecified atom stereocenters. The number of anilines is 2. The molecule has 0 saturated heterocycles. The van der Waals surface area contributed by atoms with E-state index in [0.29, 0.717) is 36.4 Å². The maximum atomic E-state index is 13.1. The number of carbonyl (C=O) groups excluding carboxylic acids is 3. The number of ether oxygens (including phenoxy) is 1. The number of para-hydroxylation sites is 2. The molecule has 1 N–H and O–H groups in total. The number of hydrogen-bond donors (Lipinski definition) is 1. The van der Waals surface area contributed by atoms with Crippen molar-refractivity contribution in [3.8, 4) is 0 Å². The smallest absolute Gasteiger partial charge is 0.306 e. The van der Waals surface area contributed by atoms with Crippen LogP contribution in [0.5, 0.6) is 0 Å². The van der Waals surface area contributed by atoms with Crippen molar-refractivity contribution in [2.45, 2.75) is 44.1 Å². The van der Waals surface area contributed by atoms with Crippen LogP contribution < -0.4 is 10.2 Å². The van der Waals surface area contributed by atoms with Crippen molar-refractivity contribution in [3.05, 3.63) is 48.4 Å². The molecular weight excluding hydrogens is 360 g/mol. The topological polar surface area (TPSA) is 88.8 Å². The summed E-state index contributed by atoms with van der Waals surface area (Å²) in [5.74, 6) is -0.327. The molecule has 1 aromatic carbocycles. The van der Waals surface area contributed by atoms with Gasteiger partial charge in [-0.3, -0.25) is 19.3 Å². The van der Waals surface area contributed by atoms with Crippen LogP contribution in [0.3, 0.4) is 0 Å². The number of amides is 2. The number of esters is 1. The van der Waals surface area contributed by atoms with Gasteiger partial charge in [0.05, 0.1) is 24.1 Å². The van der Waals surface area contributed by atoms with Gasteiger partial charge in [-0.05, 0) is 37.1 Å². The van der Waals surface area contributed by atoms with Gasteiger partial charge >= 0.3 is 5.97 Å². The fraction of sp³-hybridized carbons (Fsp3) is 0.381. The van der Waals surface area contributed by atoms with Crippen LogP contribution in [0.25, 0.3) is 0 Å². The first-order chi connectivity index (χ1) is 13.6. The minimum absolute atomic E-state index is 0.128. The first kappa shape index (κ1) is 18.3. The maximum Gasteiger partial charge on any atom is 0.306 e. The average molecular weight is 382 g/mol. The van der Waals surface area contributed by atoms with E-state index >= 15 is 0 Å². The molecule has 1 spiro atoms. The third kappa shape index (κ3) is 3.28. The number of benzene rings is 1. The van der Waals surface area contributed by atoms with Gasteiger partial charge in [0.15, 0.2) is 6.61 Å². The number of hydrogen-bond acceptors (Lipinski definition) is 5. The average Bonchev–Trinajstić information content (AvgIpc) is 3.38. The molecule has 1 aromatic heterocycles. The zero-order valence-corrected chi connectivity index (χ0v) is 15.5. The Balaban J connectivity index is 1.48. The van der Waals surface area contributed by atoms with E-state index in [0.717, 1.165) is 12.8 Å². The Morgan fingerprint density at radius 3 is 2.68 bits per heavy atom. The second-order valence-electron chi connectivity index (χ2n) is 7.18. The first-order valence-electron chi connectivity index (χ1n) is 9.52. The van der Waals surface area contributed by atoms with E-state index in [4.69, 9.17) is 9.15 Å². The summed E-state index contributed by atoms with van der Waals surface area (Å²) in [5, 5.41) is 2.93. The van der Waals surface area contributed by atoms with Crippen LogP contribution in [-0.4, -0.2) is 29.9 Å². The Bertz CT molecular complexity index is 884. The Morgan fingerprint density at radius 2 is 1.93 bits per heavy atom. The lowest BCUT2D eigenvalue weighted by molar-refractivity contribution is -0.148. The van der Waals surface area contributed by atoms with E-state index in [1.165, 1.54) is 0 Å². The number of rotatable bonds is 5. The molecule has 28 heavy (non-hydrogen) atoms. The van der Waals surface area contributed by atoms with E-state index in [2.05, 4.69) is 5.32 Å². The monoisotopic (exact) mass is 382 g/mol. The zero-order chi connectivity index (χ0) is 19.6. The van der Waals surface area contributed by atoms with E-state index in [9.17, 15) is 14.4 Å². The zero-order valence-electron chi connectivity index (χ0n) is 15.5. The highest BCUT2D eigenvalue weighted by atomic mass is 16.5. The molecule has 0 radical (unpaired) electrons. The predicted molar refractivity (Wildman–Crippen MR) is 102 cm³/mol. The maximum absolute atomic E-state index is 13.1. The van der Waals surface area contributed by atoms with Crippen LogP contribution in [0.2, 0.25) is 0 Å².